The molecule has 0 amide bonds. The molecular weight excluding hydrogens is 746 g/mol. The van der Waals surface area contributed by atoms with Crippen molar-refractivity contribution in [2.24, 2.45) is 0 Å². The first-order chi connectivity index (χ1) is 30.4. The first-order valence-corrected chi connectivity index (χ1v) is 21.4. The summed E-state index contributed by atoms with van der Waals surface area (Å²) in [4.78, 5) is 16.0. The van der Waals surface area contributed by atoms with Crippen molar-refractivity contribution in [2.45, 2.75) is 0 Å². The topological polar surface area (TPSA) is 38.7 Å². The molecule has 1 aromatic heterocycles. The van der Waals surface area contributed by atoms with Gasteiger partial charge >= 0.3 is 0 Å². The normalized spacial score (nSPS) is 11.5. The Bertz CT molecular complexity index is 3570. The predicted octanol–water partition coefficient (Wildman–Crippen LogP) is 7.52. The molecule has 0 saturated heterocycles. The largest absolute Gasteiger partial charge is 0.208 e. The van der Waals surface area contributed by atoms with Gasteiger partial charge in [0, 0.05) is 16.7 Å². The fourth-order valence-electron chi connectivity index (χ4n) is 9.58. The summed E-state index contributed by atoms with van der Waals surface area (Å²) in [5.74, 6) is 1.99. The van der Waals surface area contributed by atoms with Gasteiger partial charge in [0.2, 0.25) is 0 Å². The maximum absolute atomic E-state index is 5.44. The van der Waals surface area contributed by atoms with E-state index in [4.69, 9.17) is 15.0 Å². The van der Waals surface area contributed by atoms with E-state index in [0.29, 0.717) is 17.5 Å². The average Bonchev–Trinajstić information content (AvgIpc) is 3.33. The molecule has 7 heteroatoms. The summed E-state index contributed by atoms with van der Waals surface area (Å²) >= 11 is 0. The van der Waals surface area contributed by atoms with E-state index in [0.717, 1.165) is 32.9 Å². The molecule has 0 spiro atoms. The average molecular weight is 785 g/mol. The number of fused-ring (bicyclic) bond motifs is 5. The second-order valence-corrected chi connectivity index (χ2v) is 16.5. The lowest BCUT2D eigenvalue weighted by molar-refractivity contribution is 1.08. The Morgan fingerprint density at radius 1 is 0.258 bits per heavy atom. The molecule has 10 aromatic carbocycles. The van der Waals surface area contributed by atoms with Gasteiger partial charge in [0.15, 0.2) is 17.5 Å². The van der Waals surface area contributed by atoms with Crippen molar-refractivity contribution in [1.82, 2.24) is 15.0 Å². The van der Waals surface area contributed by atoms with Crippen LogP contribution >= 0.6 is 0 Å². The molecule has 0 saturated carbocycles. The van der Waals surface area contributed by atoms with Gasteiger partial charge in [0.05, 0.1) is 0 Å². The van der Waals surface area contributed by atoms with Gasteiger partial charge < -0.3 is 0 Å². The molecule has 0 fully saturated rings. The highest BCUT2D eigenvalue weighted by Gasteiger charge is 2.22. The van der Waals surface area contributed by atoms with Gasteiger partial charge in [-0.2, -0.15) is 0 Å². The fourth-order valence-corrected chi connectivity index (χ4v) is 9.58. The van der Waals surface area contributed by atoms with Gasteiger partial charge in [0.25, 0.3) is 0 Å². The van der Waals surface area contributed by atoms with E-state index in [2.05, 4.69) is 201 Å². The number of benzene rings is 10. The second-order valence-electron chi connectivity index (χ2n) is 16.5. The maximum Gasteiger partial charge on any atom is 0.164 e. The van der Waals surface area contributed by atoms with Crippen LogP contribution in [0, 0.1) is 0 Å². The summed E-state index contributed by atoms with van der Waals surface area (Å²) in [6.45, 7) is 0. The van der Waals surface area contributed by atoms with Crippen LogP contribution in [-0.4, -0.2) is 46.3 Å². The van der Waals surface area contributed by atoms with Crippen LogP contribution < -0.4 is 21.9 Å². The molecule has 286 valence electrons. The minimum Gasteiger partial charge on any atom is -0.208 e. The quantitative estimate of drug-likeness (QED) is 0.130. The molecule has 0 atom stereocenters. The standard InChI is InChI=1S/C55H39B4N3/c56-49-47(40-27-24-35-28-38(25-22-36(35)29-40)42-21-11-17-33-14-7-8-18-41(33)42)50(57)52(59)51(58)48(49)55-61-53(34-15-5-2-6-16-34)60-54(62-55)46-31-39-26-23-37(32-12-3-1-4-13-32)30-45(39)43-19-9-10-20-44(43)46/h1-31H,56-59H2. The number of nitrogens with zero attached hydrogens (tertiary/aromatic N) is 3. The maximum atomic E-state index is 5.44. The minimum absolute atomic E-state index is 0.653. The molecule has 0 unspecified atom stereocenters. The highest BCUT2D eigenvalue weighted by molar-refractivity contribution is 6.63. The summed E-state index contributed by atoms with van der Waals surface area (Å²) in [5, 5.41) is 9.56. The first kappa shape index (κ1) is 37.5. The molecule has 0 aliphatic heterocycles. The molecule has 3 nitrogen and oxygen atoms in total. The van der Waals surface area contributed by atoms with Crippen molar-refractivity contribution in [3.05, 3.63) is 188 Å². The van der Waals surface area contributed by atoms with Gasteiger partial charge in [-0.05, 0) is 101 Å². The van der Waals surface area contributed by atoms with Crippen LogP contribution in [0.1, 0.15) is 0 Å². The zero-order chi connectivity index (χ0) is 41.9. The molecule has 11 rings (SSSR count). The predicted molar refractivity (Wildman–Crippen MR) is 275 cm³/mol. The van der Waals surface area contributed by atoms with Gasteiger partial charge in [-0.1, -0.05) is 180 Å². The Labute approximate surface area is 365 Å². The summed E-state index contributed by atoms with van der Waals surface area (Å²) in [7, 11) is 8.93. The van der Waals surface area contributed by atoms with E-state index in [1.54, 1.807) is 0 Å². The molecular formula is C55H39B4N3. The summed E-state index contributed by atoms with van der Waals surface area (Å²) < 4.78 is 0. The zero-order valence-electron chi connectivity index (χ0n) is 35.2. The molecule has 0 N–H and O–H groups in total. The molecule has 0 aliphatic rings. The van der Waals surface area contributed by atoms with Crippen molar-refractivity contribution in [1.29, 1.82) is 0 Å². The number of rotatable bonds is 6. The number of aromatic nitrogens is 3. The molecule has 0 radical (unpaired) electrons. The van der Waals surface area contributed by atoms with Gasteiger partial charge in [0.1, 0.15) is 31.4 Å². The number of hydrogen-bond acceptors (Lipinski definition) is 3. The Balaban J connectivity index is 1.08. The van der Waals surface area contributed by atoms with Crippen LogP contribution in [0.5, 0.6) is 0 Å². The van der Waals surface area contributed by atoms with Crippen LogP contribution in [0.25, 0.3) is 111 Å². The molecule has 11 aromatic rings. The lowest BCUT2D eigenvalue weighted by Gasteiger charge is -2.22. The molecule has 62 heavy (non-hydrogen) atoms. The van der Waals surface area contributed by atoms with Crippen LogP contribution in [-0.2, 0) is 0 Å². The Morgan fingerprint density at radius 3 is 1.60 bits per heavy atom. The summed E-state index contributed by atoms with van der Waals surface area (Å²) in [6, 6.07) is 67.4. The monoisotopic (exact) mass is 785 g/mol. The molecule has 1 heterocycles. The van der Waals surface area contributed by atoms with Gasteiger partial charge in [-0.15, -0.1) is 5.46 Å². The lowest BCUT2D eigenvalue weighted by atomic mass is 9.63. The van der Waals surface area contributed by atoms with Crippen molar-refractivity contribution >= 4 is 96.3 Å². The van der Waals surface area contributed by atoms with Crippen molar-refractivity contribution < 1.29 is 0 Å². The third-order valence-electron chi connectivity index (χ3n) is 13.0. The molecule has 0 bridgehead atoms. The van der Waals surface area contributed by atoms with E-state index in [9.17, 15) is 0 Å². The van der Waals surface area contributed by atoms with E-state index < -0.39 is 0 Å². The van der Waals surface area contributed by atoms with E-state index in [1.807, 2.05) is 18.2 Å². The van der Waals surface area contributed by atoms with Crippen molar-refractivity contribution in [3.8, 4) is 67.5 Å². The van der Waals surface area contributed by atoms with E-state index in [-0.39, 0.29) is 0 Å². The van der Waals surface area contributed by atoms with Crippen LogP contribution in [0.4, 0.5) is 0 Å². The van der Waals surface area contributed by atoms with Crippen LogP contribution in [0.2, 0.25) is 0 Å². The third kappa shape index (κ3) is 6.40. The summed E-state index contributed by atoms with van der Waals surface area (Å²) in [5.41, 5.74) is 15.1. The second kappa shape index (κ2) is 15.2. The van der Waals surface area contributed by atoms with E-state index in [1.165, 1.54) is 82.1 Å². The lowest BCUT2D eigenvalue weighted by Crippen LogP contribution is -2.46. The van der Waals surface area contributed by atoms with Crippen LogP contribution in [0.3, 0.4) is 0 Å². The van der Waals surface area contributed by atoms with E-state index >= 15 is 0 Å². The SMILES string of the molecule is Bc1c(B)c(-c2ccc3cc(-c4cccc5ccccc45)ccc3c2)c(B)c(-c2nc(-c3ccccc3)nc(-c3cc4ccc(-c5ccccc5)cc4c4ccccc34)n2)c1B. The Hall–Kier alpha value is -7.49. The smallest absolute Gasteiger partial charge is 0.164 e. The molecule has 0 aliphatic carbocycles. The van der Waals surface area contributed by atoms with Crippen LogP contribution in [0.15, 0.2) is 188 Å². The van der Waals surface area contributed by atoms with Gasteiger partial charge in [-0.3, -0.25) is 0 Å². The minimum atomic E-state index is 0.653. The Morgan fingerprint density at radius 2 is 0.823 bits per heavy atom. The highest BCUT2D eigenvalue weighted by atomic mass is 15.0. The fraction of sp³-hybridized carbons (Fsp3) is 0. The number of hydrogen-bond donors (Lipinski definition) is 0. The third-order valence-corrected chi connectivity index (χ3v) is 13.0. The highest BCUT2D eigenvalue weighted by Crippen LogP contribution is 2.37. The zero-order valence-corrected chi connectivity index (χ0v) is 35.2. The van der Waals surface area contributed by atoms with Crippen molar-refractivity contribution in [3.63, 3.8) is 0 Å². The van der Waals surface area contributed by atoms with Crippen molar-refractivity contribution in [2.75, 3.05) is 0 Å². The first-order valence-electron chi connectivity index (χ1n) is 21.4. The Kier molecular flexibility index (Phi) is 9.20. The van der Waals surface area contributed by atoms with Gasteiger partial charge in [-0.25, -0.2) is 15.0 Å². The summed E-state index contributed by atoms with van der Waals surface area (Å²) in [6.07, 6.45) is 0.